The molecule has 3 N–H and O–H groups in total. The fraction of sp³-hybridized carbons (Fsp3) is 0.429. The number of aliphatic carboxylic acids is 1. The van der Waals surface area contributed by atoms with Gasteiger partial charge in [0.25, 0.3) is 0 Å². The number of carboxylic acids is 1. The van der Waals surface area contributed by atoms with Crippen molar-refractivity contribution in [3.63, 3.8) is 0 Å². The number of phenols is 1. The van der Waals surface area contributed by atoms with Crippen LogP contribution >= 0.6 is 0 Å². The number of carbonyl (C=O) groups is 2. The van der Waals surface area contributed by atoms with Crippen molar-refractivity contribution in [3.05, 3.63) is 29.8 Å². The molecular weight excluding hydrogens is 246 g/mol. The molecule has 0 radical (unpaired) electrons. The molecule has 0 fully saturated rings. The van der Waals surface area contributed by atoms with Crippen LogP contribution in [0.1, 0.15) is 32.3 Å². The Labute approximate surface area is 112 Å². The highest BCUT2D eigenvalue weighted by atomic mass is 16.4. The van der Waals surface area contributed by atoms with Gasteiger partial charge in [-0.15, -0.1) is 0 Å². The van der Waals surface area contributed by atoms with Crippen molar-refractivity contribution in [2.45, 2.75) is 38.6 Å². The number of carboxylic acid groups (broad SMARTS) is 1. The van der Waals surface area contributed by atoms with Gasteiger partial charge in [0, 0.05) is 0 Å². The van der Waals surface area contributed by atoms with Crippen LogP contribution in [0.2, 0.25) is 0 Å². The Kier molecular flexibility index (Phi) is 4.92. The van der Waals surface area contributed by atoms with Crippen LogP contribution in [-0.4, -0.2) is 27.6 Å². The van der Waals surface area contributed by atoms with Crippen molar-refractivity contribution in [1.29, 1.82) is 0 Å². The summed E-state index contributed by atoms with van der Waals surface area (Å²) in [6.45, 7) is 3.38. The van der Waals surface area contributed by atoms with E-state index in [1.807, 2.05) is 6.92 Å². The fourth-order valence-electron chi connectivity index (χ4n) is 1.87. The quantitative estimate of drug-likeness (QED) is 0.730. The van der Waals surface area contributed by atoms with Crippen molar-refractivity contribution in [2.75, 3.05) is 0 Å². The zero-order chi connectivity index (χ0) is 14.5. The first-order valence-electron chi connectivity index (χ1n) is 6.19. The maximum atomic E-state index is 11.9. The highest BCUT2D eigenvalue weighted by Crippen LogP contribution is 2.14. The molecule has 0 bridgehead atoms. The van der Waals surface area contributed by atoms with Crippen molar-refractivity contribution in [1.82, 2.24) is 5.32 Å². The Morgan fingerprint density at radius 3 is 2.32 bits per heavy atom. The predicted octanol–water partition coefficient (Wildman–Crippen LogP) is 1.69. The summed E-state index contributed by atoms with van der Waals surface area (Å²) in [5, 5.41) is 20.9. The van der Waals surface area contributed by atoms with Crippen LogP contribution in [0, 0.1) is 0 Å². The highest BCUT2D eigenvalue weighted by molar-refractivity contribution is 5.87. The molecular formula is C14H19NO4. The van der Waals surface area contributed by atoms with Crippen molar-refractivity contribution >= 4 is 11.9 Å². The van der Waals surface area contributed by atoms with Gasteiger partial charge in [0.05, 0.1) is 6.42 Å². The van der Waals surface area contributed by atoms with Crippen LogP contribution in [0.4, 0.5) is 0 Å². The third-order valence-electron chi connectivity index (χ3n) is 2.94. The van der Waals surface area contributed by atoms with Crippen LogP contribution in [0.5, 0.6) is 5.75 Å². The molecule has 0 heterocycles. The molecule has 104 valence electrons. The molecule has 1 aromatic rings. The Balaban J connectivity index is 2.68. The molecule has 0 saturated carbocycles. The standard InChI is InChI=1S/C14H19NO4/c1-3-8-14(2,13(18)19)15-12(17)9-10-4-6-11(16)7-5-10/h4-7,16H,3,8-9H2,1-2H3,(H,15,17)(H,18,19). The molecule has 1 unspecified atom stereocenters. The lowest BCUT2D eigenvalue weighted by Gasteiger charge is -2.25. The number of carbonyl (C=O) groups excluding carboxylic acids is 1. The van der Waals surface area contributed by atoms with Gasteiger partial charge in [0.1, 0.15) is 11.3 Å². The summed E-state index contributed by atoms with van der Waals surface area (Å²) >= 11 is 0. The minimum absolute atomic E-state index is 0.0901. The molecule has 0 aromatic heterocycles. The van der Waals surface area contributed by atoms with E-state index in [0.717, 1.165) is 5.56 Å². The maximum absolute atomic E-state index is 11.9. The summed E-state index contributed by atoms with van der Waals surface area (Å²) in [6.07, 6.45) is 1.14. The van der Waals surface area contributed by atoms with Crippen molar-refractivity contribution in [2.24, 2.45) is 0 Å². The first kappa shape index (κ1) is 15.0. The molecule has 5 nitrogen and oxygen atoms in total. The Morgan fingerprint density at radius 1 is 1.26 bits per heavy atom. The van der Waals surface area contributed by atoms with Crippen LogP contribution in [0.15, 0.2) is 24.3 Å². The van der Waals surface area contributed by atoms with Crippen LogP contribution in [0.25, 0.3) is 0 Å². The van der Waals surface area contributed by atoms with E-state index >= 15 is 0 Å². The third-order valence-corrected chi connectivity index (χ3v) is 2.94. The van der Waals surface area contributed by atoms with E-state index in [4.69, 9.17) is 10.2 Å². The van der Waals surface area contributed by atoms with Gasteiger partial charge in [-0.2, -0.15) is 0 Å². The second-order valence-electron chi connectivity index (χ2n) is 4.78. The van der Waals surface area contributed by atoms with Crippen LogP contribution in [-0.2, 0) is 16.0 Å². The molecule has 19 heavy (non-hydrogen) atoms. The minimum atomic E-state index is -1.23. The Hall–Kier alpha value is -2.04. The summed E-state index contributed by atoms with van der Waals surface area (Å²) in [4.78, 5) is 23.1. The summed E-state index contributed by atoms with van der Waals surface area (Å²) in [5.74, 6) is -1.25. The van der Waals surface area contributed by atoms with E-state index < -0.39 is 11.5 Å². The van der Waals surface area contributed by atoms with Gasteiger partial charge in [-0.05, 0) is 31.0 Å². The van der Waals surface area contributed by atoms with Gasteiger partial charge >= 0.3 is 5.97 Å². The maximum Gasteiger partial charge on any atom is 0.329 e. The lowest BCUT2D eigenvalue weighted by atomic mass is 9.96. The number of benzene rings is 1. The Morgan fingerprint density at radius 2 is 1.84 bits per heavy atom. The van der Waals surface area contributed by atoms with Gasteiger partial charge in [0.15, 0.2) is 0 Å². The number of rotatable bonds is 6. The average molecular weight is 265 g/mol. The molecule has 5 heteroatoms. The normalized spacial score (nSPS) is 13.6. The predicted molar refractivity (Wildman–Crippen MR) is 70.9 cm³/mol. The zero-order valence-corrected chi connectivity index (χ0v) is 11.1. The molecule has 0 aliphatic rings. The molecule has 1 aromatic carbocycles. The van der Waals surface area contributed by atoms with Gasteiger partial charge in [-0.3, -0.25) is 4.79 Å². The SMILES string of the molecule is CCCC(C)(NC(=O)Cc1ccc(O)cc1)C(=O)O. The van der Waals surface area contributed by atoms with E-state index in [0.29, 0.717) is 12.8 Å². The third kappa shape index (κ3) is 4.28. The topological polar surface area (TPSA) is 86.6 Å². The summed E-state index contributed by atoms with van der Waals surface area (Å²) in [6, 6.07) is 6.25. The largest absolute Gasteiger partial charge is 0.508 e. The smallest absolute Gasteiger partial charge is 0.329 e. The number of nitrogens with one attached hydrogen (secondary N) is 1. The number of aromatic hydroxyl groups is 1. The number of amides is 1. The molecule has 0 aliphatic carbocycles. The number of hydrogen-bond acceptors (Lipinski definition) is 3. The van der Waals surface area contributed by atoms with E-state index in [9.17, 15) is 9.59 Å². The summed E-state index contributed by atoms with van der Waals surface area (Å²) < 4.78 is 0. The number of phenolic OH excluding ortho intramolecular Hbond substituents is 1. The Bertz CT molecular complexity index is 455. The van der Waals surface area contributed by atoms with E-state index in [1.54, 1.807) is 12.1 Å². The van der Waals surface area contributed by atoms with Crippen LogP contribution in [0.3, 0.4) is 0 Å². The van der Waals surface area contributed by atoms with Crippen molar-refractivity contribution < 1.29 is 19.8 Å². The first-order chi connectivity index (χ1) is 8.87. The number of hydrogen-bond donors (Lipinski definition) is 3. The van der Waals surface area contributed by atoms with Crippen molar-refractivity contribution in [3.8, 4) is 5.75 Å². The van der Waals surface area contributed by atoms with Gasteiger partial charge in [-0.1, -0.05) is 25.5 Å². The highest BCUT2D eigenvalue weighted by Gasteiger charge is 2.33. The lowest BCUT2D eigenvalue weighted by Crippen LogP contribution is -2.52. The molecule has 0 saturated heterocycles. The summed E-state index contributed by atoms with van der Waals surface area (Å²) in [5.41, 5.74) is -0.512. The average Bonchev–Trinajstić information content (AvgIpc) is 2.32. The molecule has 1 atom stereocenters. The molecule has 1 amide bonds. The van der Waals surface area contributed by atoms with E-state index in [-0.39, 0.29) is 18.1 Å². The van der Waals surface area contributed by atoms with Crippen LogP contribution < -0.4 is 5.32 Å². The van der Waals surface area contributed by atoms with Gasteiger partial charge in [-0.25, -0.2) is 4.79 Å². The van der Waals surface area contributed by atoms with Gasteiger partial charge in [0.2, 0.25) is 5.91 Å². The monoisotopic (exact) mass is 265 g/mol. The molecule has 1 rings (SSSR count). The zero-order valence-electron chi connectivity index (χ0n) is 11.1. The molecule has 0 aliphatic heterocycles. The van der Waals surface area contributed by atoms with E-state index in [2.05, 4.69) is 5.32 Å². The minimum Gasteiger partial charge on any atom is -0.508 e. The lowest BCUT2D eigenvalue weighted by molar-refractivity contribution is -0.147. The first-order valence-corrected chi connectivity index (χ1v) is 6.19. The fourth-order valence-corrected chi connectivity index (χ4v) is 1.87. The van der Waals surface area contributed by atoms with E-state index in [1.165, 1.54) is 19.1 Å². The summed E-state index contributed by atoms with van der Waals surface area (Å²) in [7, 11) is 0. The second kappa shape index (κ2) is 6.22. The second-order valence-corrected chi connectivity index (χ2v) is 4.78. The van der Waals surface area contributed by atoms with Gasteiger partial charge < -0.3 is 15.5 Å². The molecule has 0 spiro atoms.